The first kappa shape index (κ1) is 24.5. The number of carbonyl (C=O) groups is 1. The number of carbonyl (C=O) groups excluding carboxylic acids is 1. The predicted octanol–water partition coefficient (Wildman–Crippen LogP) is 3.17. The number of amides is 1. The lowest BCUT2D eigenvalue weighted by Crippen LogP contribution is -2.53. The molecule has 3 aromatic heterocycles. The van der Waals surface area contributed by atoms with Gasteiger partial charge in [-0.15, -0.1) is 0 Å². The van der Waals surface area contributed by atoms with Crippen molar-refractivity contribution in [3.63, 3.8) is 0 Å². The number of nitrogens with zero attached hydrogens (tertiary/aromatic N) is 7. The third-order valence-corrected chi connectivity index (χ3v) is 7.73. The normalized spacial score (nSPS) is 18.9. The average Bonchev–Trinajstić information content (AvgIpc) is 3.19. The highest BCUT2D eigenvalue weighted by atomic mass is 16.5. The summed E-state index contributed by atoms with van der Waals surface area (Å²) in [6, 6.07) is 9.90. The van der Waals surface area contributed by atoms with E-state index in [9.17, 15) is 9.59 Å². The smallest absolute Gasteiger partial charge is 0.278 e. The maximum absolute atomic E-state index is 13.5. The number of ether oxygens (including phenoxy) is 1. The molecule has 11 nitrogen and oxygen atoms in total. The Morgan fingerprint density at radius 1 is 1.02 bits per heavy atom. The number of allylic oxidation sites excluding steroid dienone is 1. The second-order valence-electron chi connectivity index (χ2n) is 11.0. The molecule has 4 aromatic rings. The van der Waals surface area contributed by atoms with E-state index in [1.165, 1.54) is 11.1 Å². The molecule has 0 saturated carbocycles. The molecule has 11 heteroatoms. The van der Waals surface area contributed by atoms with Crippen LogP contribution in [-0.2, 0) is 24.3 Å². The Balaban J connectivity index is 1.34. The topological polar surface area (TPSA) is 110 Å². The number of rotatable bonds is 2. The van der Waals surface area contributed by atoms with Crippen LogP contribution in [0.15, 0.2) is 53.5 Å². The molecular formula is C29H30N8O3. The first-order chi connectivity index (χ1) is 19.3. The van der Waals surface area contributed by atoms with Crippen molar-refractivity contribution in [3.05, 3.63) is 70.2 Å². The summed E-state index contributed by atoms with van der Waals surface area (Å²) in [7, 11) is 2.13. The van der Waals surface area contributed by atoms with Crippen molar-refractivity contribution in [3.8, 4) is 11.6 Å². The fraction of sp³-hybridized carbons (Fsp3) is 0.345. The van der Waals surface area contributed by atoms with Crippen LogP contribution in [0.1, 0.15) is 31.4 Å². The van der Waals surface area contributed by atoms with Crippen molar-refractivity contribution in [2.45, 2.75) is 45.4 Å². The molecule has 3 aliphatic rings. The fourth-order valence-corrected chi connectivity index (χ4v) is 5.65. The molecule has 0 fully saturated rings. The van der Waals surface area contributed by atoms with E-state index in [0.29, 0.717) is 53.9 Å². The molecule has 0 saturated heterocycles. The predicted molar refractivity (Wildman–Crippen MR) is 151 cm³/mol. The molecule has 40 heavy (non-hydrogen) atoms. The Morgan fingerprint density at radius 3 is 2.77 bits per heavy atom. The quantitative estimate of drug-likeness (QED) is 0.388. The van der Waals surface area contributed by atoms with Crippen LogP contribution in [0.3, 0.4) is 0 Å². The summed E-state index contributed by atoms with van der Waals surface area (Å²) in [4.78, 5) is 44.8. The van der Waals surface area contributed by atoms with Gasteiger partial charge in [0.05, 0.1) is 6.54 Å². The SMILES string of the molecule is CN1CCc2cc(Nc3ncc4c(=O)n5n(c4n3)-c3ccc4c(n3)N(CC/C=C/C5)C(=O)C(C)(C)O4)ccc2C1. The zero-order chi connectivity index (χ0) is 27.6. The number of likely N-dealkylation sites (N-methyl/N-ethyl adjacent to an activating group) is 1. The maximum atomic E-state index is 13.5. The van der Waals surface area contributed by atoms with Crippen molar-refractivity contribution < 1.29 is 9.53 Å². The van der Waals surface area contributed by atoms with Gasteiger partial charge in [0, 0.05) is 31.5 Å². The third kappa shape index (κ3) is 3.96. The summed E-state index contributed by atoms with van der Waals surface area (Å²) in [5, 5.41) is 3.71. The van der Waals surface area contributed by atoms with Crippen molar-refractivity contribution in [2.24, 2.45) is 0 Å². The zero-order valence-electron chi connectivity index (χ0n) is 22.7. The van der Waals surface area contributed by atoms with Crippen molar-refractivity contribution >= 4 is 34.4 Å². The van der Waals surface area contributed by atoms with Crippen molar-refractivity contribution in [1.82, 2.24) is 29.2 Å². The van der Waals surface area contributed by atoms with E-state index in [2.05, 4.69) is 34.4 Å². The summed E-state index contributed by atoms with van der Waals surface area (Å²) < 4.78 is 9.31. The standard InChI is InChI=1S/C29H30N8O3/c1-29(2)27(39)35-12-5-4-6-13-36-26(38)21-16-30-28(31-20-8-7-19-17-34(3)14-11-18(19)15-20)33-24(21)37(36)23-10-9-22(40-29)25(35)32-23/h4,6-10,15-16H,5,11-14,17H2,1-3H3,(H,30,31,33)/b6-4+. The van der Waals surface area contributed by atoms with E-state index < -0.39 is 5.60 Å². The van der Waals surface area contributed by atoms with Crippen LogP contribution >= 0.6 is 0 Å². The second kappa shape index (κ2) is 9.02. The maximum Gasteiger partial charge on any atom is 0.278 e. The van der Waals surface area contributed by atoms with E-state index >= 15 is 0 Å². The van der Waals surface area contributed by atoms with Gasteiger partial charge >= 0.3 is 0 Å². The number of hydrogen-bond acceptors (Lipinski definition) is 8. The molecule has 0 aliphatic carbocycles. The Labute approximate surface area is 230 Å². The average molecular weight is 539 g/mol. The third-order valence-electron chi connectivity index (χ3n) is 7.73. The van der Waals surface area contributed by atoms with Gasteiger partial charge in [-0.25, -0.2) is 19.3 Å². The molecule has 7 rings (SSSR count). The fourth-order valence-electron chi connectivity index (χ4n) is 5.65. The molecule has 1 N–H and O–H groups in total. The molecule has 1 amide bonds. The van der Waals surface area contributed by atoms with Gasteiger partial charge in [0.15, 0.2) is 28.6 Å². The minimum Gasteiger partial charge on any atom is -0.474 e. The van der Waals surface area contributed by atoms with Crippen LogP contribution in [0, 0.1) is 0 Å². The lowest BCUT2D eigenvalue weighted by molar-refractivity contribution is -0.132. The van der Waals surface area contributed by atoms with Crippen molar-refractivity contribution in [1.29, 1.82) is 0 Å². The van der Waals surface area contributed by atoms with Gasteiger partial charge in [-0.3, -0.25) is 14.5 Å². The molecule has 204 valence electrons. The molecule has 3 aliphatic heterocycles. The number of hydrogen-bond donors (Lipinski definition) is 1. The summed E-state index contributed by atoms with van der Waals surface area (Å²) >= 11 is 0. The van der Waals surface area contributed by atoms with Crippen molar-refractivity contribution in [2.75, 3.05) is 30.4 Å². The van der Waals surface area contributed by atoms with Gasteiger partial charge in [-0.2, -0.15) is 4.98 Å². The molecule has 0 atom stereocenters. The van der Waals surface area contributed by atoms with Crippen LogP contribution in [0.25, 0.3) is 16.9 Å². The molecule has 6 heterocycles. The Morgan fingerprint density at radius 2 is 1.90 bits per heavy atom. The number of anilines is 3. The lowest BCUT2D eigenvalue weighted by Gasteiger charge is -2.37. The molecule has 0 radical (unpaired) electrons. The van der Waals surface area contributed by atoms with Crippen LogP contribution < -0.4 is 20.5 Å². The summed E-state index contributed by atoms with van der Waals surface area (Å²) in [6.07, 6.45) is 7.07. The largest absolute Gasteiger partial charge is 0.474 e. The molecule has 0 spiro atoms. The Hall–Kier alpha value is -4.51. The van der Waals surface area contributed by atoms with Crippen LogP contribution in [0.2, 0.25) is 0 Å². The van der Waals surface area contributed by atoms with Gasteiger partial charge < -0.3 is 15.0 Å². The Kier molecular flexibility index (Phi) is 5.53. The molecular weight excluding hydrogens is 508 g/mol. The van der Waals surface area contributed by atoms with Gasteiger partial charge in [-0.05, 0) is 69.1 Å². The van der Waals surface area contributed by atoms with E-state index in [-0.39, 0.29) is 11.5 Å². The van der Waals surface area contributed by atoms with Gasteiger partial charge in [0.1, 0.15) is 5.39 Å². The molecule has 2 bridgehead atoms. The first-order valence-electron chi connectivity index (χ1n) is 13.5. The highest BCUT2D eigenvalue weighted by Gasteiger charge is 2.41. The second-order valence-corrected chi connectivity index (χ2v) is 11.0. The number of aromatic nitrogens is 5. The Bertz CT molecular complexity index is 1770. The van der Waals surface area contributed by atoms with Gasteiger partial charge in [0.25, 0.3) is 11.5 Å². The van der Waals surface area contributed by atoms with E-state index in [1.54, 1.807) is 46.4 Å². The summed E-state index contributed by atoms with van der Waals surface area (Å²) in [5.41, 5.74) is 2.75. The minimum absolute atomic E-state index is 0.155. The van der Waals surface area contributed by atoms with Gasteiger partial charge in [0.2, 0.25) is 5.95 Å². The van der Waals surface area contributed by atoms with E-state index in [4.69, 9.17) is 14.7 Å². The van der Waals surface area contributed by atoms with E-state index in [1.807, 2.05) is 18.2 Å². The zero-order valence-corrected chi connectivity index (χ0v) is 22.7. The van der Waals surface area contributed by atoms with Crippen LogP contribution in [0.4, 0.5) is 17.5 Å². The molecule has 1 aromatic carbocycles. The minimum atomic E-state index is -0.997. The van der Waals surface area contributed by atoms with Gasteiger partial charge in [-0.1, -0.05) is 18.2 Å². The summed E-state index contributed by atoms with van der Waals surface area (Å²) in [5.74, 6) is 1.65. The molecule has 0 unspecified atom stereocenters. The first-order valence-corrected chi connectivity index (χ1v) is 13.5. The number of fused-ring (bicyclic) bond motifs is 6. The number of benzene rings is 1. The summed E-state index contributed by atoms with van der Waals surface area (Å²) in [6.45, 7) is 6.26. The number of nitrogens with one attached hydrogen (secondary N) is 1. The number of pyridine rings is 1. The van der Waals surface area contributed by atoms with Crippen LogP contribution in [-0.4, -0.2) is 60.9 Å². The highest BCUT2D eigenvalue weighted by molar-refractivity contribution is 6.01. The highest BCUT2D eigenvalue weighted by Crippen LogP contribution is 2.37. The lowest BCUT2D eigenvalue weighted by atomic mass is 9.99. The van der Waals surface area contributed by atoms with E-state index in [0.717, 1.165) is 25.2 Å². The van der Waals surface area contributed by atoms with Crippen LogP contribution in [0.5, 0.6) is 5.75 Å². The monoisotopic (exact) mass is 538 g/mol.